The molecule has 0 aliphatic heterocycles. The predicted molar refractivity (Wildman–Crippen MR) is 118 cm³/mol. The lowest BCUT2D eigenvalue weighted by Crippen LogP contribution is -2.03. The van der Waals surface area contributed by atoms with Crippen molar-refractivity contribution in [1.82, 2.24) is 0 Å². The van der Waals surface area contributed by atoms with Crippen molar-refractivity contribution in [2.75, 3.05) is 12.5 Å². The van der Waals surface area contributed by atoms with Crippen molar-refractivity contribution in [3.8, 4) is 11.5 Å². The Balaban J connectivity index is 1.83. The third kappa shape index (κ3) is 5.48. The van der Waals surface area contributed by atoms with Crippen LogP contribution in [0.1, 0.15) is 16.7 Å². The second kappa shape index (κ2) is 9.76. The molecular weight excluding hydrogens is 406 g/mol. The smallest absolute Gasteiger partial charge is 0.315 e. The van der Waals surface area contributed by atoms with Crippen molar-refractivity contribution in [2.24, 2.45) is 5.10 Å². The summed E-state index contributed by atoms with van der Waals surface area (Å²) >= 11 is 5.94. The van der Waals surface area contributed by atoms with Crippen LogP contribution in [0.5, 0.6) is 11.5 Å². The SMILES string of the molecule is COc1cc(C=NNc2cccc(Cl)c2)cc([N+](=O)[O-])c1OCc1cccc(C)c1. The molecule has 0 amide bonds. The quantitative estimate of drug-likeness (QED) is 0.289. The summed E-state index contributed by atoms with van der Waals surface area (Å²) in [4.78, 5) is 11.1. The highest BCUT2D eigenvalue weighted by Crippen LogP contribution is 2.38. The minimum Gasteiger partial charge on any atom is -0.493 e. The summed E-state index contributed by atoms with van der Waals surface area (Å²) in [5, 5.41) is 16.3. The van der Waals surface area contributed by atoms with E-state index in [4.69, 9.17) is 21.1 Å². The van der Waals surface area contributed by atoms with Crippen molar-refractivity contribution in [3.05, 3.63) is 92.5 Å². The molecule has 154 valence electrons. The summed E-state index contributed by atoms with van der Waals surface area (Å²) in [5.74, 6) is 0.324. The Morgan fingerprint density at radius 2 is 1.97 bits per heavy atom. The molecule has 0 heterocycles. The molecule has 0 radical (unpaired) electrons. The van der Waals surface area contributed by atoms with Crippen LogP contribution in [-0.2, 0) is 6.61 Å². The third-order valence-corrected chi connectivity index (χ3v) is 4.41. The molecule has 3 aromatic rings. The maximum Gasteiger partial charge on any atom is 0.315 e. The third-order valence-electron chi connectivity index (χ3n) is 4.17. The van der Waals surface area contributed by atoms with E-state index in [0.29, 0.717) is 16.3 Å². The number of rotatable bonds is 8. The molecule has 3 aromatic carbocycles. The fourth-order valence-corrected chi connectivity index (χ4v) is 3.00. The molecule has 0 bridgehead atoms. The second-order valence-electron chi connectivity index (χ2n) is 6.49. The van der Waals surface area contributed by atoms with Gasteiger partial charge in [-0.25, -0.2) is 0 Å². The zero-order valence-electron chi connectivity index (χ0n) is 16.5. The normalized spacial score (nSPS) is 10.8. The first-order chi connectivity index (χ1) is 14.5. The summed E-state index contributed by atoms with van der Waals surface area (Å²) in [5.41, 5.74) is 5.79. The molecule has 0 aromatic heterocycles. The van der Waals surface area contributed by atoms with Crippen molar-refractivity contribution in [2.45, 2.75) is 13.5 Å². The van der Waals surface area contributed by atoms with Crippen LogP contribution in [0.3, 0.4) is 0 Å². The van der Waals surface area contributed by atoms with Crippen LogP contribution in [0.25, 0.3) is 0 Å². The number of aryl methyl sites for hydroxylation is 1. The number of hydrazone groups is 1. The first-order valence-corrected chi connectivity index (χ1v) is 9.43. The minimum atomic E-state index is -0.504. The largest absolute Gasteiger partial charge is 0.493 e. The zero-order valence-corrected chi connectivity index (χ0v) is 17.2. The lowest BCUT2D eigenvalue weighted by atomic mass is 10.1. The van der Waals surface area contributed by atoms with Gasteiger partial charge in [0.1, 0.15) is 6.61 Å². The Labute approximate surface area is 179 Å². The van der Waals surface area contributed by atoms with Gasteiger partial charge in [-0.15, -0.1) is 0 Å². The van der Waals surface area contributed by atoms with E-state index in [0.717, 1.165) is 11.1 Å². The minimum absolute atomic E-state index is 0.0731. The van der Waals surface area contributed by atoms with Gasteiger partial charge >= 0.3 is 5.69 Å². The van der Waals surface area contributed by atoms with Crippen LogP contribution in [0.2, 0.25) is 5.02 Å². The molecule has 0 spiro atoms. The molecule has 3 rings (SSSR count). The number of benzene rings is 3. The summed E-state index contributed by atoms with van der Waals surface area (Å²) in [6.07, 6.45) is 1.46. The number of methoxy groups -OCH3 is 1. The zero-order chi connectivity index (χ0) is 21.5. The van der Waals surface area contributed by atoms with Gasteiger partial charge in [0, 0.05) is 16.7 Å². The number of halogens is 1. The first-order valence-electron chi connectivity index (χ1n) is 9.05. The predicted octanol–water partition coefficient (Wildman–Crippen LogP) is 5.59. The van der Waals surface area contributed by atoms with Crippen LogP contribution in [0.15, 0.2) is 65.8 Å². The van der Waals surface area contributed by atoms with Gasteiger partial charge in [-0.1, -0.05) is 47.5 Å². The maximum absolute atomic E-state index is 11.6. The molecule has 8 heteroatoms. The Bertz CT molecular complexity index is 1090. The fraction of sp³-hybridized carbons (Fsp3) is 0.136. The highest BCUT2D eigenvalue weighted by molar-refractivity contribution is 6.30. The van der Waals surface area contributed by atoms with E-state index in [1.54, 1.807) is 30.3 Å². The van der Waals surface area contributed by atoms with Gasteiger partial charge in [0.05, 0.1) is 23.9 Å². The molecule has 0 aliphatic rings. The molecule has 0 atom stereocenters. The Morgan fingerprint density at radius 1 is 1.17 bits per heavy atom. The topological polar surface area (TPSA) is 86.0 Å². The van der Waals surface area contributed by atoms with E-state index in [2.05, 4.69) is 10.5 Å². The van der Waals surface area contributed by atoms with Crippen LogP contribution in [0, 0.1) is 17.0 Å². The highest BCUT2D eigenvalue weighted by Gasteiger charge is 2.22. The van der Waals surface area contributed by atoms with Gasteiger partial charge in [0.15, 0.2) is 5.75 Å². The van der Waals surface area contributed by atoms with Gasteiger partial charge in [-0.05, 0) is 36.8 Å². The summed E-state index contributed by atoms with van der Waals surface area (Å²) in [6.45, 7) is 2.15. The number of hydrogen-bond donors (Lipinski definition) is 1. The number of ether oxygens (including phenoxy) is 2. The van der Waals surface area contributed by atoms with Crippen LogP contribution in [-0.4, -0.2) is 18.2 Å². The summed E-state index contributed by atoms with van der Waals surface area (Å²) < 4.78 is 11.1. The Kier molecular flexibility index (Phi) is 6.87. The maximum atomic E-state index is 11.6. The summed E-state index contributed by atoms with van der Waals surface area (Å²) in [7, 11) is 1.43. The second-order valence-corrected chi connectivity index (χ2v) is 6.92. The number of hydrogen-bond acceptors (Lipinski definition) is 6. The monoisotopic (exact) mass is 425 g/mol. The number of nitro groups is 1. The molecule has 1 N–H and O–H groups in total. The van der Waals surface area contributed by atoms with E-state index in [1.165, 1.54) is 19.4 Å². The lowest BCUT2D eigenvalue weighted by Gasteiger charge is -2.12. The molecule has 0 saturated heterocycles. The van der Waals surface area contributed by atoms with E-state index >= 15 is 0 Å². The van der Waals surface area contributed by atoms with Crippen molar-refractivity contribution in [3.63, 3.8) is 0 Å². The Morgan fingerprint density at radius 3 is 2.67 bits per heavy atom. The molecule has 0 fully saturated rings. The van der Waals surface area contributed by atoms with E-state index in [1.807, 2.05) is 31.2 Å². The standard InChI is InChI=1S/C22H20ClN3O4/c1-15-5-3-6-16(9-15)14-30-22-20(26(27)28)10-17(11-21(22)29-2)13-24-25-19-8-4-7-18(23)12-19/h3-13,25H,14H2,1-2H3. The van der Waals surface area contributed by atoms with E-state index in [-0.39, 0.29) is 23.8 Å². The van der Waals surface area contributed by atoms with Gasteiger partial charge in [-0.3, -0.25) is 15.5 Å². The van der Waals surface area contributed by atoms with Crippen molar-refractivity contribution in [1.29, 1.82) is 0 Å². The number of anilines is 1. The fourth-order valence-electron chi connectivity index (χ4n) is 2.81. The first kappa shape index (κ1) is 21.1. The molecule has 0 saturated carbocycles. The summed E-state index contributed by atoms with van der Waals surface area (Å²) in [6, 6.07) is 17.8. The Hall–Kier alpha value is -3.58. The number of nitrogens with one attached hydrogen (secondary N) is 1. The van der Waals surface area contributed by atoms with Gasteiger partial charge < -0.3 is 9.47 Å². The number of nitro benzene ring substituents is 1. The molecule has 0 aliphatic carbocycles. The number of nitrogens with zero attached hydrogens (tertiary/aromatic N) is 2. The van der Waals surface area contributed by atoms with E-state index in [9.17, 15) is 10.1 Å². The van der Waals surface area contributed by atoms with Crippen molar-refractivity contribution < 1.29 is 14.4 Å². The average molecular weight is 426 g/mol. The van der Waals surface area contributed by atoms with Gasteiger partial charge in [0.25, 0.3) is 0 Å². The molecular formula is C22H20ClN3O4. The molecule has 7 nitrogen and oxygen atoms in total. The molecule has 0 unspecified atom stereocenters. The molecule has 30 heavy (non-hydrogen) atoms. The van der Waals surface area contributed by atoms with Crippen LogP contribution in [0.4, 0.5) is 11.4 Å². The van der Waals surface area contributed by atoms with Crippen LogP contribution >= 0.6 is 11.6 Å². The van der Waals surface area contributed by atoms with Crippen LogP contribution < -0.4 is 14.9 Å². The lowest BCUT2D eigenvalue weighted by molar-refractivity contribution is -0.386. The highest BCUT2D eigenvalue weighted by atomic mass is 35.5. The van der Waals surface area contributed by atoms with Crippen molar-refractivity contribution >= 4 is 29.2 Å². The van der Waals surface area contributed by atoms with Gasteiger partial charge in [0.2, 0.25) is 5.75 Å². The van der Waals surface area contributed by atoms with Gasteiger partial charge in [-0.2, -0.15) is 5.10 Å². The van der Waals surface area contributed by atoms with E-state index < -0.39 is 4.92 Å². The average Bonchev–Trinajstić information content (AvgIpc) is 2.72.